The maximum absolute atomic E-state index is 11.9. The Morgan fingerprint density at radius 1 is 0.879 bits per heavy atom. The number of aryl methyl sites for hydroxylation is 1. The van der Waals surface area contributed by atoms with Crippen LogP contribution >= 0.6 is 0 Å². The highest BCUT2D eigenvalue weighted by Crippen LogP contribution is 2.12. The number of hydrogen-bond acceptors (Lipinski definition) is 2. The van der Waals surface area contributed by atoms with E-state index in [1.807, 2.05) is 44.2 Å². The Morgan fingerprint density at radius 3 is 2.06 bits per heavy atom. The number of ketones is 1. The summed E-state index contributed by atoms with van der Waals surface area (Å²) in [5.74, 6) is 2.23. The summed E-state index contributed by atoms with van der Waals surface area (Å²) in [6, 6.07) is 20.4. The van der Waals surface area contributed by atoms with Crippen LogP contribution in [0.3, 0.4) is 0 Å². The monoisotopic (exact) mass is 448 g/mol. The fraction of sp³-hybridized carbons (Fsp3) is 0.452. The lowest BCUT2D eigenvalue weighted by molar-refractivity contribution is -0.117. The predicted octanol–water partition coefficient (Wildman–Crippen LogP) is 8.38. The first kappa shape index (κ1) is 30.3. The summed E-state index contributed by atoms with van der Waals surface area (Å²) in [5.41, 5.74) is 2.55. The van der Waals surface area contributed by atoms with Gasteiger partial charge in [-0.3, -0.25) is 4.79 Å². The fourth-order valence-corrected chi connectivity index (χ4v) is 3.22. The lowest BCUT2D eigenvalue weighted by Gasteiger charge is -2.06. The summed E-state index contributed by atoms with van der Waals surface area (Å²) >= 11 is 0. The van der Waals surface area contributed by atoms with Crippen molar-refractivity contribution >= 4 is 11.7 Å². The molecule has 0 radical (unpaired) electrons. The van der Waals surface area contributed by atoms with Crippen LogP contribution in [0, 0.1) is 5.92 Å². The third kappa shape index (κ3) is 17.5. The molecule has 0 unspecified atom stereocenters. The van der Waals surface area contributed by atoms with Crippen molar-refractivity contribution in [2.45, 2.75) is 85.5 Å². The Morgan fingerprint density at radius 2 is 1.48 bits per heavy atom. The van der Waals surface area contributed by atoms with Gasteiger partial charge in [-0.25, -0.2) is 4.79 Å². The van der Waals surface area contributed by atoms with Crippen molar-refractivity contribution in [3.05, 3.63) is 90.0 Å². The Hall–Kier alpha value is -2.70. The molecule has 0 heterocycles. The summed E-state index contributed by atoms with van der Waals surface area (Å²) in [6.07, 6.45) is 15.2. The average molecular weight is 449 g/mol. The second-order valence-electron chi connectivity index (χ2n) is 7.94. The standard InChI is InChI=1S/C20H30O.C9H8O.C2H6/c1-3-4-8-13-18(2)20(21)17-12-6-5-9-14-19-15-10-7-11-16-19;10-8-4-7-9-5-2-1-3-6-9;1-2/h7,10-12,15-18H,3-6,8-9,13-14H2,1-2H3;1-6H,7H2;1-2H3/b17-12-;;/t18-;;/m0../s1. The highest BCUT2D eigenvalue weighted by atomic mass is 16.1. The van der Waals surface area contributed by atoms with Crippen molar-refractivity contribution in [3.8, 4) is 0 Å². The minimum absolute atomic E-state index is 0.192. The van der Waals surface area contributed by atoms with Gasteiger partial charge in [0.1, 0.15) is 5.94 Å². The Bertz CT molecular complexity index is 771. The molecule has 0 bridgehead atoms. The van der Waals surface area contributed by atoms with Crippen LogP contribution in [-0.2, 0) is 22.4 Å². The minimum atomic E-state index is 0.192. The molecule has 0 aliphatic carbocycles. The molecule has 2 nitrogen and oxygen atoms in total. The topological polar surface area (TPSA) is 34.1 Å². The van der Waals surface area contributed by atoms with E-state index < -0.39 is 0 Å². The number of rotatable bonds is 13. The Balaban J connectivity index is 0.000000709. The van der Waals surface area contributed by atoms with E-state index in [4.69, 9.17) is 0 Å². The van der Waals surface area contributed by atoms with Crippen LogP contribution in [0.4, 0.5) is 0 Å². The zero-order valence-electron chi connectivity index (χ0n) is 21.3. The van der Waals surface area contributed by atoms with Crippen LogP contribution in [0.1, 0.15) is 83.8 Å². The van der Waals surface area contributed by atoms with Gasteiger partial charge in [-0.05, 0) is 49.3 Å². The molecule has 2 aromatic rings. The molecular formula is C31H44O2. The quantitative estimate of drug-likeness (QED) is 0.175. The second-order valence-corrected chi connectivity index (χ2v) is 7.94. The summed E-state index contributed by atoms with van der Waals surface area (Å²) in [6.45, 7) is 8.25. The molecule has 0 saturated carbocycles. The van der Waals surface area contributed by atoms with Gasteiger partial charge >= 0.3 is 0 Å². The zero-order chi connectivity index (χ0) is 24.6. The van der Waals surface area contributed by atoms with E-state index in [0.717, 1.165) is 31.2 Å². The van der Waals surface area contributed by atoms with Gasteiger partial charge in [0.2, 0.25) is 0 Å². The summed E-state index contributed by atoms with van der Waals surface area (Å²) in [4.78, 5) is 21.7. The van der Waals surface area contributed by atoms with Crippen molar-refractivity contribution in [2.75, 3.05) is 0 Å². The lowest BCUT2D eigenvalue weighted by atomic mass is 9.98. The predicted molar refractivity (Wildman–Crippen MR) is 143 cm³/mol. The van der Waals surface area contributed by atoms with Crippen molar-refractivity contribution in [2.24, 2.45) is 5.92 Å². The molecular weight excluding hydrogens is 404 g/mol. The van der Waals surface area contributed by atoms with Gasteiger partial charge in [-0.2, -0.15) is 0 Å². The van der Waals surface area contributed by atoms with Crippen molar-refractivity contribution < 1.29 is 9.59 Å². The van der Waals surface area contributed by atoms with Gasteiger partial charge < -0.3 is 0 Å². The number of benzene rings is 2. The van der Waals surface area contributed by atoms with E-state index in [1.54, 1.807) is 12.0 Å². The molecule has 0 fully saturated rings. The largest absolute Gasteiger partial charge is 0.295 e. The summed E-state index contributed by atoms with van der Waals surface area (Å²) in [7, 11) is 0. The van der Waals surface area contributed by atoms with Crippen LogP contribution in [0.25, 0.3) is 0 Å². The van der Waals surface area contributed by atoms with Gasteiger partial charge in [0.05, 0.1) is 0 Å². The van der Waals surface area contributed by atoms with Crippen LogP contribution in [0.2, 0.25) is 0 Å². The Kier molecular flexibility index (Phi) is 20.7. The second kappa shape index (κ2) is 22.5. The van der Waals surface area contributed by atoms with Crippen LogP contribution in [0.5, 0.6) is 0 Å². The maximum atomic E-state index is 11.9. The third-order valence-electron chi connectivity index (χ3n) is 5.20. The van der Waals surface area contributed by atoms with E-state index in [2.05, 4.69) is 50.3 Å². The van der Waals surface area contributed by atoms with Crippen LogP contribution in [-0.4, -0.2) is 11.7 Å². The molecule has 0 saturated heterocycles. The first-order valence-electron chi connectivity index (χ1n) is 12.6. The van der Waals surface area contributed by atoms with Gasteiger partial charge in [0.15, 0.2) is 5.78 Å². The van der Waals surface area contributed by atoms with E-state index in [9.17, 15) is 9.59 Å². The van der Waals surface area contributed by atoms with Crippen LogP contribution in [0.15, 0.2) is 78.9 Å². The average Bonchev–Trinajstić information content (AvgIpc) is 2.87. The molecule has 1 atom stereocenters. The molecule has 2 aromatic carbocycles. The number of carbonyl (C=O) groups is 1. The molecule has 180 valence electrons. The lowest BCUT2D eigenvalue weighted by Crippen LogP contribution is -2.07. The number of carbonyl (C=O) groups excluding carboxylic acids is 2. The van der Waals surface area contributed by atoms with E-state index in [-0.39, 0.29) is 5.92 Å². The molecule has 2 rings (SSSR count). The van der Waals surface area contributed by atoms with E-state index >= 15 is 0 Å². The molecule has 0 aliphatic heterocycles. The number of unbranched alkanes of at least 4 members (excludes halogenated alkanes) is 4. The number of allylic oxidation sites excluding steroid dienone is 3. The van der Waals surface area contributed by atoms with Gasteiger partial charge in [0.25, 0.3) is 0 Å². The third-order valence-corrected chi connectivity index (χ3v) is 5.20. The smallest absolute Gasteiger partial charge is 0.158 e. The maximum Gasteiger partial charge on any atom is 0.158 e. The normalized spacial score (nSPS) is 10.8. The van der Waals surface area contributed by atoms with E-state index in [1.165, 1.54) is 37.3 Å². The molecule has 0 aromatic heterocycles. The fourth-order valence-electron chi connectivity index (χ4n) is 3.22. The Labute approximate surface area is 202 Å². The summed E-state index contributed by atoms with van der Waals surface area (Å²) < 4.78 is 0. The molecule has 2 heteroatoms. The van der Waals surface area contributed by atoms with Crippen molar-refractivity contribution in [1.29, 1.82) is 0 Å². The van der Waals surface area contributed by atoms with Gasteiger partial charge in [0, 0.05) is 18.4 Å². The highest BCUT2D eigenvalue weighted by molar-refractivity contribution is 5.91. The van der Waals surface area contributed by atoms with Crippen LogP contribution < -0.4 is 0 Å². The van der Waals surface area contributed by atoms with Crippen molar-refractivity contribution in [3.63, 3.8) is 0 Å². The van der Waals surface area contributed by atoms with Crippen molar-refractivity contribution in [1.82, 2.24) is 0 Å². The minimum Gasteiger partial charge on any atom is -0.295 e. The molecule has 0 amide bonds. The molecule has 0 aliphatic rings. The highest BCUT2D eigenvalue weighted by Gasteiger charge is 2.08. The first-order valence-corrected chi connectivity index (χ1v) is 12.6. The van der Waals surface area contributed by atoms with Gasteiger partial charge in [-0.15, -0.1) is 0 Å². The molecule has 0 N–H and O–H groups in total. The SMILES string of the molecule is CC.CCCCC[C@H](C)C(=O)/C=C\CCCCc1ccccc1.O=C=CCc1ccccc1. The first-order chi connectivity index (χ1) is 16.2. The van der Waals surface area contributed by atoms with Gasteiger partial charge in [-0.1, -0.05) is 114 Å². The summed E-state index contributed by atoms with van der Waals surface area (Å²) in [5, 5.41) is 0. The number of hydrogen-bond donors (Lipinski definition) is 0. The van der Waals surface area contributed by atoms with E-state index in [0.29, 0.717) is 12.2 Å². The zero-order valence-corrected chi connectivity index (χ0v) is 21.3. The molecule has 33 heavy (non-hydrogen) atoms. The molecule has 0 spiro atoms.